The number of aliphatic hydroxyl groups excluding tert-OH is 1. The lowest BCUT2D eigenvalue weighted by Crippen LogP contribution is -2.52. The zero-order chi connectivity index (χ0) is 37.1. The smallest absolute Gasteiger partial charge is 0.328 e. The van der Waals surface area contributed by atoms with E-state index in [1.54, 1.807) is 33.9 Å². The Balaban J connectivity index is 1.70. The number of amides is 2. The van der Waals surface area contributed by atoms with Crippen molar-refractivity contribution >= 4 is 47.7 Å². The number of thiol groups is 1. The van der Waals surface area contributed by atoms with Crippen LogP contribution in [0.3, 0.4) is 0 Å². The minimum atomic E-state index is -1.31. The van der Waals surface area contributed by atoms with E-state index in [9.17, 15) is 19.5 Å². The van der Waals surface area contributed by atoms with Crippen LogP contribution in [0.15, 0.2) is 35.9 Å². The molecule has 3 aliphatic heterocycles. The maximum absolute atomic E-state index is 14.0. The summed E-state index contributed by atoms with van der Waals surface area (Å²) in [6.45, 7) is 8.95. The Morgan fingerprint density at radius 3 is 2.66 bits per heavy atom. The van der Waals surface area contributed by atoms with Crippen molar-refractivity contribution in [3.8, 4) is 5.75 Å². The summed E-state index contributed by atoms with van der Waals surface area (Å²) >= 11 is 11.1. The molecule has 3 heterocycles. The van der Waals surface area contributed by atoms with Crippen LogP contribution in [-0.2, 0) is 39.8 Å². The van der Waals surface area contributed by atoms with Crippen molar-refractivity contribution in [1.82, 2.24) is 4.90 Å². The third-order valence-electron chi connectivity index (χ3n) is 10.1. The molecule has 50 heavy (non-hydrogen) atoms. The van der Waals surface area contributed by atoms with E-state index in [4.69, 9.17) is 41.0 Å². The summed E-state index contributed by atoms with van der Waals surface area (Å²) in [6, 6.07) is 2.70. The van der Waals surface area contributed by atoms with Crippen LogP contribution < -0.4 is 15.4 Å². The lowest BCUT2D eigenvalue weighted by Gasteiger charge is -2.32. The van der Waals surface area contributed by atoms with E-state index in [2.05, 4.69) is 12.6 Å². The first-order valence-corrected chi connectivity index (χ1v) is 17.8. The molecule has 2 saturated heterocycles. The van der Waals surface area contributed by atoms with Crippen molar-refractivity contribution in [3.05, 3.63) is 46.5 Å². The topological polar surface area (TPSA) is 153 Å². The first-order valence-electron chi connectivity index (χ1n) is 16.9. The summed E-state index contributed by atoms with van der Waals surface area (Å²) in [5.41, 5.74) is 6.45. The Morgan fingerprint density at radius 1 is 1.30 bits per heavy atom. The number of ether oxygens (including phenoxy) is 5. The van der Waals surface area contributed by atoms with Crippen molar-refractivity contribution in [2.45, 2.75) is 114 Å². The van der Waals surface area contributed by atoms with Gasteiger partial charge < -0.3 is 44.3 Å². The Morgan fingerprint density at radius 2 is 2.00 bits per heavy atom. The molecule has 3 N–H and O–H groups in total. The number of methoxy groups -OCH3 is 1. The molecular formula is C36H52ClN3O9S. The molecule has 0 spiro atoms. The van der Waals surface area contributed by atoms with E-state index in [1.807, 2.05) is 38.1 Å². The molecule has 1 aromatic carbocycles. The van der Waals surface area contributed by atoms with Gasteiger partial charge in [-0.2, -0.15) is 12.6 Å². The number of carbonyl (C=O) groups is 3. The second-order valence-electron chi connectivity index (χ2n) is 14.0. The zero-order valence-electron chi connectivity index (χ0n) is 30.2. The van der Waals surface area contributed by atoms with Crippen LogP contribution in [0.2, 0.25) is 5.02 Å². The van der Waals surface area contributed by atoms with Crippen molar-refractivity contribution < 1.29 is 43.2 Å². The van der Waals surface area contributed by atoms with Gasteiger partial charge in [0.25, 0.3) is 0 Å². The van der Waals surface area contributed by atoms with E-state index in [1.165, 1.54) is 24.0 Å². The number of allylic oxidation sites excluding steroid dienone is 3. The lowest BCUT2D eigenvalue weighted by atomic mass is 9.84. The number of esters is 1. The highest BCUT2D eigenvalue weighted by Crippen LogP contribution is 2.48. The number of rotatable bonds is 7. The molecule has 2 amide bonds. The minimum absolute atomic E-state index is 0.0226. The molecule has 2 fully saturated rings. The number of anilines is 1. The van der Waals surface area contributed by atoms with E-state index in [0.29, 0.717) is 24.3 Å². The van der Waals surface area contributed by atoms with E-state index < -0.39 is 59.6 Å². The summed E-state index contributed by atoms with van der Waals surface area (Å²) in [7, 11) is 4.64. The molecular weight excluding hydrogens is 686 g/mol. The fraction of sp³-hybridized carbons (Fsp3) is 0.639. The van der Waals surface area contributed by atoms with Crippen LogP contribution in [0, 0.1) is 5.92 Å². The number of hydrogen-bond acceptors (Lipinski definition) is 11. The largest absolute Gasteiger partial charge is 0.495 e. The van der Waals surface area contributed by atoms with Crippen molar-refractivity contribution in [3.63, 3.8) is 0 Å². The molecule has 0 saturated carbocycles. The van der Waals surface area contributed by atoms with Crippen LogP contribution in [0.25, 0.3) is 0 Å². The Hall–Kier alpha value is -2.65. The second-order valence-corrected chi connectivity index (χ2v) is 15.3. The predicted molar refractivity (Wildman–Crippen MR) is 193 cm³/mol. The average molecular weight is 738 g/mol. The monoisotopic (exact) mass is 737 g/mol. The van der Waals surface area contributed by atoms with Gasteiger partial charge in [0.2, 0.25) is 11.8 Å². The fourth-order valence-corrected chi connectivity index (χ4v) is 6.87. The zero-order valence-corrected chi connectivity index (χ0v) is 31.8. The Labute approximate surface area is 305 Å². The van der Waals surface area contributed by atoms with Gasteiger partial charge in [-0.25, -0.2) is 4.79 Å². The first kappa shape index (κ1) is 40.1. The van der Waals surface area contributed by atoms with Crippen LogP contribution in [0.5, 0.6) is 5.75 Å². The van der Waals surface area contributed by atoms with Gasteiger partial charge in [0, 0.05) is 32.9 Å². The molecule has 7 unspecified atom stereocenters. The number of fused-ring (bicyclic) bond motifs is 4. The number of benzene rings is 1. The number of nitrogens with zero attached hydrogens (tertiary/aromatic N) is 2. The van der Waals surface area contributed by atoms with Gasteiger partial charge in [0.15, 0.2) is 5.72 Å². The summed E-state index contributed by atoms with van der Waals surface area (Å²) in [5.74, 6) is -1.44. The second kappa shape index (κ2) is 16.4. The van der Waals surface area contributed by atoms with Gasteiger partial charge >= 0.3 is 5.97 Å². The predicted octanol–water partition coefficient (Wildman–Crippen LogP) is 4.19. The average Bonchev–Trinajstić information content (AvgIpc) is 3.64. The number of likely N-dealkylation sites (N-methyl/N-ethyl adjacent to an activating group) is 1. The van der Waals surface area contributed by atoms with Gasteiger partial charge in [0.05, 0.1) is 31.4 Å². The highest BCUT2D eigenvalue weighted by Gasteiger charge is 2.63. The van der Waals surface area contributed by atoms with E-state index >= 15 is 0 Å². The molecule has 2 bridgehead atoms. The standard InChI is InChI=1S/C36H52ClN3O9S/c1-20-10-9-11-28-36(38,47-19-46-28)18-26(41)22(3)33-35(5,49-33)29(48-34(44)23(4)39(6)30(42)13-12-21(2)50)17-31(43)40(7)25-15-24(14-20)16-27(45-8)32(25)37/h9-11,15-16,21-23,26,28-29,33,41,50H,12-14,17-19,38H2,1-8H3/b11-9+,20-10+/t21-,22?,23+,26?,28?,29?,33?,35?,36?/m1/s1. The SMILES string of the molecule is COc1cc2cc(c1Cl)N(C)C(=O)CC(OC(=O)[C@H](C)N(C)C(=O)CC[C@@H](C)S)C1(C)OC1C(C)C(O)CC1(N)OCOC1/C=C/C=C(\C)C2. The number of hydrogen-bond donors (Lipinski definition) is 3. The first-order chi connectivity index (χ1) is 23.4. The van der Waals surface area contributed by atoms with Gasteiger partial charge in [0.1, 0.15) is 41.4 Å². The molecule has 1 aromatic rings. The fourth-order valence-electron chi connectivity index (χ4n) is 6.42. The lowest BCUT2D eigenvalue weighted by molar-refractivity contribution is -0.162. The summed E-state index contributed by atoms with van der Waals surface area (Å²) < 4.78 is 29.4. The third kappa shape index (κ3) is 9.04. The molecule has 0 radical (unpaired) electrons. The van der Waals surface area contributed by atoms with E-state index in [-0.39, 0.29) is 42.2 Å². The van der Waals surface area contributed by atoms with Crippen LogP contribution >= 0.6 is 24.2 Å². The van der Waals surface area contributed by atoms with Crippen LogP contribution in [-0.4, -0.2) is 103 Å². The molecule has 12 nitrogen and oxygen atoms in total. The van der Waals surface area contributed by atoms with E-state index in [0.717, 1.165) is 11.1 Å². The maximum Gasteiger partial charge on any atom is 0.328 e. The molecule has 9 atom stereocenters. The molecule has 278 valence electrons. The summed E-state index contributed by atoms with van der Waals surface area (Å²) in [5, 5.41) is 11.7. The number of carbonyl (C=O) groups excluding carboxylic acids is 3. The van der Waals surface area contributed by atoms with Crippen molar-refractivity contribution in [2.75, 3.05) is 32.9 Å². The maximum atomic E-state index is 14.0. The number of halogens is 1. The van der Waals surface area contributed by atoms with Gasteiger partial charge in [-0.1, -0.05) is 49.2 Å². The highest BCUT2D eigenvalue weighted by atomic mass is 35.5. The molecule has 0 aromatic heterocycles. The molecule has 4 rings (SSSR count). The highest BCUT2D eigenvalue weighted by molar-refractivity contribution is 7.80. The quantitative estimate of drug-likeness (QED) is 0.211. The van der Waals surface area contributed by atoms with Crippen LogP contribution in [0.1, 0.15) is 65.9 Å². The van der Waals surface area contributed by atoms with Crippen LogP contribution in [0.4, 0.5) is 5.69 Å². The number of epoxide rings is 1. The molecule has 14 heteroatoms. The van der Waals surface area contributed by atoms with Gasteiger partial charge in [-0.05, 0) is 56.6 Å². The number of aliphatic hydroxyl groups is 1. The Bertz CT molecular complexity index is 1490. The van der Waals surface area contributed by atoms with Gasteiger partial charge in [-0.15, -0.1) is 0 Å². The number of nitrogens with two attached hydrogens (primary N) is 1. The molecule has 3 aliphatic rings. The van der Waals surface area contributed by atoms with Crippen molar-refractivity contribution in [1.29, 1.82) is 0 Å². The molecule has 0 aliphatic carbocycles. The summed E-state index contributed by atoms with van der Waals surface area (Å²) in [6.07, 6.45) is 3.31. The third-order valence-corrected chi connectivity index (χ3v) is 10.7. The minimum Gasteiger partial charge on any atom is -0.495 e. The Kier molecular flexibility index (Phi) is 13.1. The normalized spacial score (nSPS) is 33.3. The van der Waals surface area contributed by atoms with Crippen molar-refractivity contribution in [2.24, 2.45) is 11.7 Å². The summed E-state index contributed by atoms with van der Waals surface area (Å²) in [4.78, 5) is 43.2. The van der Waals surface area contributed by atoms with Gasteiger partial charge in [-0.3, -0.25) is 9.59 Å².